The van der Waals surface area contributed by atoms with Crippen LogP contribution in [-0.2, 0) is 9.47 Å². The van der Waals surface area contributed by atoms with Crippen LogP contribution in [0.1, 0.15) is 12.8 Å². The average Bonchev–Trinajstić information content (AvgIpc) is 2.30. The van der Waals surface area contributed by atoms with Gasteiger partial charge in [-0.3, -0.25) is 4.90 Å². The van der Waals surface area contributed by atoms with E-state index in [1.807, 2.05) is 0 Å². The molecule has 4 heteroatoms. The highest BCUT2D eigenvalue weighted by molar-refractivity contribution is 4.70. The van der Waals surface area contributed by atoms with E-state index in [4.69, 9.17) is 9.47 Å². The fraction of sp³-hybridized carbons (Fsp3) is 1.00. The standard InChI is InChI=1S/C11H22N2O2/c1-12-4-2-11(3-5-12)15-10-13-6-8-14-9-7-13/h11H,2-10H2,1H3. The first-order valence-corrected chi connectivity index (χ1v) is 5.95. The minimum absolute atomic E-state index is 0.476. The second kappa shape index (κ2) is 5.80. The molecule has 0 atom stereocenters. The van der Waals surface area contributed by atoms with Crippen molar-refractivity contribution in [3.8, 4) is 0 Å². The van der Waals surface area contributed by atoms with Crippen LogP contribution in [0.4, 0.5) is 0 Å². The van der Waals surface area contributed by atoms with E-state index in [9.17, 15) is 0 Å². The normalized spacial score (nSPS) is 27.0. The Hall–Kier alpha value is -0.160. The number of hydrogen-bond acceptors (Lipinski definition) is 4. The molecular weight excluding hydrogens is 192 g/mol. The van der Waals surface area contributed by atoms with Crippen molar-refractivity contribution in [3.05, 3.63) is 0 Å². The van der Waals surface area contributed by atoms with Crippen LogP contribution in [0.2, 0.25) is 0 Å². The lowest BCUT2D eigenvalue weighted by atomic mass is 10.1. The lowest BCUT2D eigenvalue weighted by molar-refractivity contribution is -0.0737. The van der Waals surface area contributed by atoms with Gasteiger partial charge in [0.25, 0.3) is 0 Å². The van der Waals surface area contributed by atoms with Crippen LogP contribution in [0.25, 0.3) is 0 Å². The van der Waals surface area contributed by atoms with E-state index in [2.05, 4.69) is 16.8 Å². The molecule has 0 aromatic heterocycles. The summed E-state index contributed by atoms with van der Waals surface area (Å²) in [4.78, 5) is 4.70. The molecule has 15 heavy (non-hydrogen) atoms. The summed E-state index contributed by atoms with van der Waals surface area (Å²) in [6, 6.07) is 0. The van der Waals surface area contributed by atoms with Crippen LogP contribution in [0.15, 0.2) is 0 Å². The lowest BCUT2D eigenvalue weighted by Gasteiger charge is -2.32. The molecule has 0 saturated carbocycles. The maximum Gasteiger partial charge on any atom is 0.0995 e. The fourth-order valence-corrected chi connectivity index (χ4v) is 2.09. The molecule has 0 amide bonds. The van der Waals surface area contributed by atoms with Gasteiger partial charge in [-0.05, 0) is 19.9 Å². The smallest absolute Gasteiger partial charge is 0.0995 e. The number of piperidine rings is 1. The van der Waals surface area contributed by atoms with Gasteiger partial charge in [0.05, 0.1) is 26.0 Å². The summed E-state index contributed by atoms with van der Waals surface area (Å²) in [6.07, 6.45) is 2.84. The molecule has 2 saturated heterocycles. The zero-order chi connectivity index (χ0) is 10.5. The Morgan fingerprint density at radius 3 is 2.47 bits per heavy atom. The van der Waals surface area contributed by atoms with Gasteiger partial charge in [0, 0.05) is 26.2 Å². The van der Waals surface area contributed by atoms with Crippen molar-refractivity contribution in [3.63, 3.8) is 0 Å². The third-order valence-electron chi connectivity index (χ3n) is 3.26. The molecule has 2 aliphatic heterocycles. The van der Waals surface area contributed by atoms with Crippen molar-refractivity contribution in [2.24, 2.45) is 0 Å². The Bertz CT molecular complexity index is 175. The summed E-state index contributed by atoms with van der Waals surface area (Å²) < 4.78 is 11.2. The third-order valence-corrected chi connectivity index (χ3v) is 3.26. The molecule has 0 aromatic rings. The first kappa shape index (κ1) is 11.3. The lowest BCUT2D eigenvalue weighted by Crippen LogP contribution is -2.41. The fourth-order valence-electron chi connectivity index (χ4n) is 2.09. The van der Waals surface area contributed by atoms with Gasteiger partial charge in [-0.2, -0.15) is 0 Å². The van der Waals surface area contributed by atoms with Crippen molar-refractivity contribution < 1.29 is 9.47 Å². The second-order valence-corrected chi connectivity index (χ2v) is 4.53. The monoisotopic (exact) mass is 214 g/mol. The zero-order valence-corrected chi connectivity index (χ0v) is 9.65. The average molecular weight is 214 g/mol. The van der Waals surface area contributed by atoms with Crippen LogP contribution in [0, 0.1) is 0 Å². The zero-order valence-electron chi connectivity index (χ0n) is 9.65. The van der Waals surface area contributed by atoms with Gasteiger partial charge < -0.3 is 14.4 Å². The number of likely N-dealkylation sites (tertiary alicyclic amines) is 1. The Balaban J connectivity index is 1.60. The van der Waals surface area contributed by atoms with Gasteiger partial charge in [-0.25, -0.2) is 0 Å². The summed E-state index contributed by atoms with van der Waals surface area (Å²) in [6.45, 7) is 6.89. The molecule has 0 radical (unpaired) electrons. The van der Waals surface area contributed by atoms with Gasteiger partial charge in [0.1, 0.15) is 0 Å². The van der Waals surface area contributed by atoms with Gasteiger partial charge in [-0.1, -0.05) is 0 Å². The van der Waals surface area contributed by atoms with Crippen molar-refractivity contribution in [2.75, 3.05) is 53.2 Å². The molecule has 0 aromatic carbocycles. The first-order chi connectivity index (χ1) is 7.34. The Labute approximate surface area is 92.1 Å². The quantitative estimate of drug-likeness (QED) is 0.678. The molecule has 4 nitrogen and oxygen atoms in total. The molecule has 2 fully saturated rings. The highest BCUT2D eigenvalue weighted by Crippen LogP contribution is 2.12. The molecule has 0 spiro atoms. The van der Waals surface area contributed by atoms with Crippen LogP contribution in [0.3, 0.4) is 0 Å². The summed E-state index contributed by atoms with van der Waals surface area (Å²) in [5.74, 6) is 0. The summed E-state index contributed by atoms with van der Waals surface area (Å²) in [7, 11) is 2.18. The van der Waals surface area contributed by atoms with Gasteiger partial charge in [0.2, 0.25) is 0 Å². The molecule has 88 valence electrons. The molecule has 0 N–H and O–H groups in total. The Morgan fingerprint density at radius 2 is 1.80 bits per heavy atom. The van der Waals surface area contributed by atoms with E-state index >= 15 is 0 Å². The highest BCUT2D eigenvalue weighted by Gasteiger charge is 2.18. The molecule has 0 unspecified atom stereocenters. The van der Waals surface area contributed by atoms with Crippen molar-refractivity contribution in [1.29, 1.82) is 0 Å². The number of nitrogens with zero attached hydrogens (tertiary/aromatic N) is 2. The summed E-state index contributed by atoms with van der Waals surface area (Å²) in [5.41, 5.74) is 0. The Morgan fingerprint density at radius 1 is 1.13 bits per heavy atom. The molecule has 2 heterocycles. The maximum atomic E-state index is 5.91. The van der Waals surface area contributed by atoms with Crippen LogP contribution in [-0.4, -0.2) is 69.1 Å². The van der Waals surface area contributed by atoms with Crippen molar-refractivity contribution in [2.45, 2.75) is 18.9 Å². The topological polar surface area (TPSA) is 24.9 Å². The minimum atomic E-state index is 0.476. The number of hydrogen-bond donors (Lipinski definition) is 0. The van der Waals surface area contributed by atoms with Crippen LogP contribution < -0.4 is 0 Å². The molecule has 0 aliphatic carbocycles. The van der Waals surface area contributed by atoms with E-state index < -0.39 is 0 Å². The predicted octanol–water partition coefficient (Wildman–Crippen LogP) is 0.387. The third kappa shape index (κ3) is 3.72. The van der Waals surface area contributed by atoms with Crippen molar-refractivity contribution >= 4 is 0 Å². The minimum Gasteiger partial charge on any atom is -0.379 e. The Kier molecular flexibility index (Phi) is 4.38. The van der Waals surface area contributed by atoms with E-state index in [0.29, 0.717) is 6.10 Å². The van der Waals surface area contributed by atoms with Crippen molar-refractivity contribution in [1.82, 2.24) is 9.80 Å². The predicted molar refractivity (Wildman–Crippen MR) is 58.9 cm³/mol. The maximum absolute atomic E-state index is 5.91. The molecule has 2 rings (SSSR count). The van der Waals surface area contributed by atoms with E-state index in [1.165, 1.54) is 25.9 Å². The van der Waals surface area contributed by atoms with Gasteiger partial charge in [-0.15, -0.1) is 0 Å². The largest absolute Gasteiger partial charge is 0.379 e. The first-order valence-electron chi connectivity index (χ1n) is 5.95. The molecule has 0 bridgehead atoms. The second-order valence-electron chi connectivity index (χ2n) is 4.53. The molecular formula is C11H22N2O2. The summed E-state index contributed by atoms with van der Waals surface area (Å²) in [5, 5.41) is 0. The van der Waals surface area contributed by atoms with Crippen LogP contribution in [0.5, 0.6) is 0 Å². The SMILES string of the molecule is CN1CCC(OCN2CCOCC2)CC1. The molecule has 2 aliphatic rings. The number of morpholine rings is 1. The van der Waals surface area contributed by atoms with E-state index in [1.54, 1.807) is 0 Å². The van der Waals surface area contributed by atoms with E-state index in [0.717, 1.165) is 33.0 Å². The van der Waals surface area contributed by atoms with Crippen LogP contribution >= 0.6 is 0 Å². The van der Waals surface area contributed by atoms with Gasteiger partial charge in [0.15, 0.2) is 0 Å². The van der Waals surface area contributed by atoms with Gasteiger partial charge >= 0.3 is 0 Å². The number of ether oxygens (including phenoxy) is 2. The summed E-state index contributed by atoms with van der Waals surface area (Å²) >= 11 is 0. The highest BCUT2D eigenvalue weighted by atomic mass is 16.5. The van der Waals surface area contributed by atoms with E-state index in [-0.39, 0.29) is 0 Å². The number of rotatable bonds is 3.